The molecule has 1 aromatic carbocycles. The van der Waals surface area contributed by atoms with Crippen LogP contribution >= 0.6 is 11.8 Å². The number of piperidine rings is 1. The first kappa shape index (κ1) is 14.3. The Morgan fingerprint density at radius 3 is 2.89 bits per heavy atom. The van der Waals surface area contributed by atoms with Crippen LogP contribution in [0.15, 0.2) is 18.2 Å². The summed E-state index contributed by atoms with van der Waals surface area (Å²) < 4.78 is 13.6. The van der Waals surface area contributed by atoms with E-state index in [4.69, 9.17) is 0 Å². The van der Waals surface area contributed by atoms with Gasteiger partial charge in [-0.3, -0.25) is 4.79 Å². The fourth-order valence-corrected chi connectivity index (χ4v) is 3.15. The number of hydrogen-bond acceptors (Lipinski definition) is 3. The van der Waals surface area contributed by atoms with Crippen molar-refractivity contribution in [1.29, 1.82) is 0 Å². The van der Waals surface area contributed by atoms with Gasteiger partial charge in [0, 0.05) is 5.25 Å². The lowest BCUT2D eigenvalue weighted by Gasteiger charge is -2.21. The molecule has 104 valence electrons. The highest BCUT2D eigenvalue weighted by Gasteiger charge is 2.16. The van der Waals surface area contributed by atoms with Gasteiger partial charge in [-0.25, -0.2) is 4.39 Å². The SMILES string of the molecule is Cc1cccc(F)c1NC(=O)CSC1CCNCC1. The molecule has 5 heteroatoms. The Morgan fingerprint density at radius 1 is 1.47 bits per heavy atom. The number of halogens is 1. The highest BCUT2D eigenvalue weighted by molar-refractivity contribution is 8.00. The van der Waals surface area contributed by atoms with E-state index >= 15 is 0 Å². The molecule has 0 radical (unpaired) electrons. The monoisotopic (exact) mass is 282 g/mol. The second kappa shape index (κ2) is 6.91. The van der Waals surface area contributed by atoms with Crippen molar-refractivity contribution in [2.75, 3.05) is 24.2 Å². The molecule has 0 bridgehead atoms. The number of thioether (sulfide) groups is 1. The maximum Gasteiger partial charge on any atom is 0.234 e. The lowest BCUT2D eigenvalue weighted by molar-refractivity contribution is -0.113. The molecule has 0 aromatic heterocycles. The van der Waals surface area contributed by atoms with Crippen LogP contribution in [0.25, 0.3) is 0 Å². The summed E-state index contributed by atoms with van der Waals surface area (Å²) in [5.74, 6) is -0.115. The molecule has 1 saturated heterocycles. The highest BCUT2D eigenvalue weighted by atomic mass is 32.2. The predicted octanol–water partition coefficient (Wildman–Crippen LogP) is 2.56. The van der Waals surface area contributed by atoms with Crippen LogP contribution in [0.4, 0.5) is 10.1 Å². The summed E-state index contributed by atoms with van der Waals surface area (Å²) in [6.45, 7) is 3.83. The maximum atomic E-state index is 13.6. The van der Waals surface area contributed by atoms with Crippen LogP contribution < -0.4 is 10.6 Å². The molecule has 0 spiro atoms. The molecular weight excluding hydrogens is 263 g/mol. The summed E-state index contributed by atoms with van der Waals surface area (Å²) >= 11 is 1.66. The third-order valence-electron chi connectivity index (χ3n) is 3.22. The minimum atomic E-state index is -0.375. The van der Waals surface area contributed by atoms with Gasteiger partial charge >= 0.3 is 0 Å². The van der Waals surface area contributed by atoms with E-state index in [9.17, 15) is 9.18 Å². The van der Waals surface area contributed by atoms with Crippen molar-refractivity contribution in [1.82, 2.24) is 5.32 Å². The van der Waals surface area contributed by atoms with Crippen LogP contribution in [-0.4, -0.2) is 30.0 Å². The molecule has 1 aromatic rings. The zero-order valence-corrected chi connectivity index (χ0v) is 11.9. The Kier molecular flexibility index (Phi) is 5.22. The molecule has 19 heavy (non-hydrogen) atoms. The Labute approximate surface area is 117 Å². The van der Waals surface area contributed by atoms with E-state index in [0.717, 1.165) is 31.5 Å². The van der Waals surface area contributed by atoms with E-state index in [0.29, 0.717) is 16.7 Å². The Morgan fingerprint density at radius 2 is 2.21 bits per heavy atom. The van der Waals surface area contributed by atoms with Gasteiger partial charge in [0.25, 0.3) is 0 Å². The maximum absolute atomic E-state index is 13.6. The van der Waals surface area contributed by atoms with E-state index in [1.807, 2.05) is 0 Å². The summed E-state index contributed by atoms with van der Waals surface area (Å²) in [7, 11) is 0. The first-order valence-electron chi connectivity index (χ1n) is 6.54. The average molecular weight is 282 g/mol. The standard InChI is InChI=1S/C14H19FN2OS/c1-10-3-2-4-12(15)14(10)17-13(18)9-19-11-5-7-16-8-6-11/h2-4,11,16H,5-9H2,1H3,(H,17,18). The van der Waals surface area contributed by atoms with Crippen LogP contribution in [0.2, 0.25) is 0 Å². The molecule has 0 unspecified atom stereocenters. The number of benzene rings is 1. The molecule has 1 fully saturated rings. The lowest BCUT2D eigenvalue weighted by Crippen LogP contribution is -2.30. The van der Waals surface area contributed by atoms with E-state index < -0.39 is 0 Å². The number of anilines is 1. The summed E-state index contributed by atoms with van der Waals surface area (Å²) in [5, 5.41) is 6.50. The minimum Gasteiger partial charge on any atom is -0.323 e. The van der Waals surface area contributed by atoms with Gasteiger partial charge in [0.05, 0.1) is 11.4 Å². The second-order valence-electron chi connectivity index (χ2n) is 4.74. The van der Waals surface area contributed by atoms with E-state index in [2.05, 4.69) is 10.6 Å². The fraction of sp³-hybridized carbons (Fsp3) is 0.500. The van der Waals surface area contributed by atoms with E-state index in [1.54, 1.807) is 30.8 Å². The average Bonchev–Trinajstić information content (AvgIpc) is 2.42. The van der Waals surface area contributed by atoms with Crippen molar-refractivity contribution >= 4 is 23.4 Å². The summed E-state index contributed by atoms with van der Waals surface area (Å²) in [5.41, 5.74) is 1.05. The largest absolute Gasteiger partial charge is 0.323 e. The van der Waals surface area contributed by atoms with Gasteiger partial charge in [0.15, 0.2) is 0 Å². The molecule has 2 N–H and O–H groups in total. The van der Waals surface area contributed by atoms with Gasteiger partial charge in [-0.05, 0) is 44.5 Å². The number of para-hydroxylation sites is 1. The first-order chi connectivity index (χ1) is 9.16. The summed E-state index contributed by atoms with van der Waals surface area (Å²) in [6.07, 6.45) is 2.19. The Hall–Kier alpha value is -1.07. The summed E-state index contributed by atoms with van der Waals surface area (Å²) in [4.78, 5) is 11.8. The zero-order chi connectivity index (χ0) is 13.7. The molecule has 0 saturated carbocycles. The molecule has 1 heterocycles. The van der Waals surface area contributed by atoms with Crippen LogP contribution in [0.3, 0.4) is 0 Å². The van der Waals surface area contributed by atoms with Gasteiger partial charge in [0.2, 0.25) is 5.91 Å². The van der Waals surface area contributed by atoms with Crippen molar-refractivity contribution in [3.63, 3.8) is 0 Å². The van der Waals surface area contributed by atoms with Crippen molar-refractivity contribution in [3.05, 3.63) is 29.6 Å². The molecule has 1 amide bonds. The molecule has 0 aliphatic carbocycles. The first-order valence-corrected chi connectivity index (χ1v) is 7.59. The van der Waals surface area contributed by atoms with Crippen molar-refractivity contribution in [2.24, 2.45) is 0 Å². The molecule has 0 atom stereocenters. The molecular formula is C14H19FN2OS. The molecule has 2 rings (SSSR count). The quantitative estimate of drug-likeness (QED) is 0.892. The Balaban J connectivity index is 1.83. The molecule has 1 aliphatic heterocycles. The molecule has 1 aliphatic rings. The third kappa shape index (κ3) is 4.21. The number of carbonyl (C=O) groups is 1. The number of nitrogens with one attached hydrogen (secondary N) is 2. The topological polar surface area (TPSA) is 41.1 Å². The second-order valence-corrected chi connectivity index (χ2v) is 6.03. The summed E-state index contributed by atoms with van der Waals surface area (Å²) in [6, 6.07) is 4.80. The van der Waals surface area contributed by atoms with Gasteiger partial charge in [-0.1, -0.05) is 12.1 Å². The van der Waals surface area contributed by atoms with E-state index in [-0.39, 0.29) is 11.7 Å². The van der Waals surface area contributed by atoms with Crippen LogP contribution in [-0.2, 0) is 4.79 Å². The van der Waals surface area contributed by atoms with Crippen molar-refractivity contribution in [3.8, 4) is 0 Å². The molecule has 3 nitrogen and oxygen atoms in total. The number of amides is 1. The van der Waals surface area contributed by atoms with Crippen LogP contribution in [0, 0.1) is 12.7 Å². The predicted molar refractivity (Wildman–Crippen MR) is 78.1 cm³/mol. The smallest absolute Gasteiger partial charge is 0.234 e. The third-order valence-corrected chi connectivity index (χ3v) is 4.59. The lowest BCUT2D eigenvalue weighted by atomic mass is 10.2. The number of carbonyl (C=O) groups excluding carboxylic acids is 1. The van der Waals surface area contributed by atoms with Gasteiger partial charge < -0.3 is 10.6 Å². The van der Waals surface area contributed by atoms with Crippen molar-refractivity contribution < 1.29 is 9.18 Å². The van der Waals surface area contributed by atoms with Crippen molar-refractivity contribution in [2.45, 2.75) is 25.0 Å². The fourth-order valence-electron chi connectivity index (χ4n) is 2.12. The number of aryl methyl sites for hydroxylation is 1. The zero-order valence-electron chi connectivity index (χ0n) is 11.0. The minimum absolute atomic E-state index is 0.128. The van der Waals surface area contributed by atoms with Gasteiger partial charge in [-0.15, -0.1) is 11.8 Å². The Bertz CT molecular complexity index is 427. The van der Waals surface area contributed by atoms with Gasteiger partial charge in [-0.2, -0.15) is 0 Å². The van der Waals surface area contributed by atoms with Crippen LogP contribution in [0.1, 0.15) is 18.4 Å². The number of rotatable bonds is 4. The normalized spacial score (nSPS) is 16.3. The van der Waals surface area contributed by atoms with Crippen LogP contribution in [0.5, 0.6) is 0 Å². The van der Waals surface area contributed by atoms with Gasteiger partial charge in [0.1, 0.15) is 5.82 Å². The van der Waals surface area contributed by atoms with E-state index in [1.165, 1.54) is 6.07 Å². The highest BCUT2D eigenvalue weighted by Crippen LogP contribution is 2.22. The number of hydrogen-bond donors (Lipinski definition) is 2.